The topological polar surface area (TPSA) is 83.6 Å². The zero-order chi connectivity index (χ0) is 18.4. The highest BCUT2D eigenvalue weighted by Crippen LogP contribution is 2.21. The van der Waals surface area contributed by atoms with Crippen molar-refractivity contribution in [3.05, 3.63) is 54.2 Å². The molecule has 2 N–H and O–H groups in total. The minimum atomic E-state index is -0.400. The zero-order valence-electron chi connectivity index (χ0n) is 14.6. The largest absolute Gasteiger partial charge is 0.493 e. The Hall–Kier alpha value is -3.09. The molecule has 7 heteroatoms. The molecule has 2 heterocycles. The second-order valence-electron chi connectivity index (χ2n) is 6.06. The van der Waals surface area contributed by atoms with Gasteiger partial charge in [0.2, 0.25) is 5.91 Å². The van der Waals surface area contributed by atoms with Crippen molar-refractivity contribution in [3.63, 3.8) is 0 Å². The molecule has 26 heavy (non-hydrogen) atoms. The highest BCUT2D eigenvalue weighted by Gasteiger charge is 2.25. The van der Waals surface area contributed by atoms with E-state index in [1.54, 1.807) is 23.2 Å². The number of hydrogen-bond donors (Lipinski definition) is 2. The van der Waals surface area contributed by atoms with Crippen LogP contribution in [0.4, 0.5) is 10.6 Å². The van der Waals surface area contributed by atoms with E-state index in [9.17, 15) is 9.59 Å². The van der Waals surface area contributed by atoms with E-state index in [4.69, 9.17) is 4.74 Å². The Bertz CT molecular complexity index is 766. The molecule has 1 unspecified atom stereocenters. The second-order valence-corrected chi connectivity index (χ2v) is 6.06. The molecule has 0 aliphatic carbocycles. The van der Waals surface area contributed by atoms with Gasteiger partial charge in [-0.15, -0.1) is 0 Å². The molecule has 1 aliphatic rings. The number of amides is 3. The van der Waals surface area contributed by atoms with Gasteiger partial charge in [-0.2, -0.15) is 0 Å². The quantitative estimate of drug-likeness (QED) is 0.835. The monoisotopic (exact) mass is 354 g/mol. The summed E-state index contributed by atoms with van der Waals surface area (Å²) >= 11 is 0. The van der Waals surface area contributed by atoms with Gasteiger partial charge in [-0.25, -0.2) is 9.78 Å². The molecule has 7 nitrogen and oxygen atoms in total. The molecule has 1 aliphatic heterocycles. The molecule has 0 radical (unpaired) electrons. The zero-order valence-corrected chi connectivity index (χ0v) is 14.6. The van der Waals surface area contributed by atoms with Crippen LogP contribution in [0.25, 0.3) is 0 Å². The number of benzene rings is 1. The molecule has 1 saturated heterocycles. The SMILES string of the molecule is COc1cccnc1NC(=O)NC(CN1CCCC1=O)c1ccccc1. The normalized spacial score (nSPS) is 14.8. The number of rotatable bonds is 6. The Labute approximate surface area is 152 Å². The Morgan fingerprint density at radius 2 is 2.08 bits per heavy atom. The lowest BCUT2D eigenvalue weighted by Gasteiger charge is -2.25. The second kappa shape index (κ2) is 8.33. The smallest absolute Gasteiger partial charge is 0.321 e. The number of ether oxygens (including phenoxy) is 1. The molecular formula is C19H22N4O3. The van der Waals surface area contributed by atoms with Crippen LogP contribution >= 0.6 is 0 Å². The van der Waals surface area contributed by atoms with Crippen molar-refractivity contribution in [2.75, 3.05) is 25.5 Å². The van der Waals surface area contributed by atoms with Crippen LogP contribution in [0, 0.1) is 0 Å². The number of anilines is 1. The molecule has 3 amide bonds. The molecule has 0 bridgehead atoms. The Morgan fingerprint density at radius 1 is 1.27 bits per heavy atom. The third kappa shape index (κ3) is 4.30. The number of carbonyl (C=O) groups is 2. The van der Waals surface area contributed by atoms with Gasteiger partial charge in [0.15, 0.2) is 11.6 Å². The molecular weight excluding hydrogens is 332 g/mol. The fourth-order valence-corrected chi connectivity index (χ4v) is 2.99. The van der Waals surface area contributed by atoms with Gasteiger partial charge < -0.3 is 15.0 Å². The number of urea groups is 1. The maximum absolute atomic E-state index is 12.5. The van der Waals surface area contributed by atoms with Gasteiger partial charge >= 0.3 is 6.03 Å². The molecule has 0 saturated carbocycles. The van der Waals surface area contributed by atoms with Crippen LogP contribution in [-0.4, -0.2) is 42.0 Å². The van der Waals surface area contributed by atoms with E-state index in [0.29, 0.717) is 24.5 Å². The minimum absolute atomic E-state index is 0.125. The number of nitrogens with one attached hydrogen (secondary N) is 2. The minimum Gasteiger partial charge on any atom is -0.493 e. The molecule has 136 valence electrons. The van der Waals surface area contributed by atoms with Crippen LogP contribution in [0.3, 0.4) is 0 Å². The fourth-order valence-electron chi connectivity index (χ4n) is 2.99. The molecule has 1 atom stereocenters. The summed E-state index contributed by atoms with van der Waals surface area (Å²) in [4.78, 5) is 30.4. The maximum atomic E-state index is 12.5. The van der Waals surface area contributed by atoms with Crippen molar-refractivity contribution >= 4 is 17.8 Å². The lowest BCUT2D eigenvalue weighted by atomic mass is 10.1. The lowest BCUT2D eigenvalue weighted by Crippen LogP contribution is -2.40. The van der Waals surface area contributed by atoms with E-state index < -0.39 is 6.03 Å². The van der Waals surface area contributed by atoms with Gasteiger partial charge in [-0.3, -0.25) is 10.1 Å². The van der Waals surface area contributed by atoms with Crippen molar-refractivity contribution in [1.82, 2.24) is 15.2 Å². The van der Waals surface area contributed by atoms with E-state index in [0.717, 1.165) is 18.5 Å². The van der Waals surface area contributed by atoms with Crippen LogP contribution < -0.4 is 15.4 Å². The van der Waals surface area contributed by atoms with Crippen LogP contribution in [0.15, 0.2) is 48.7 Å². The summed E-state index contributed by atoms with van der Waals surface area (Å²) in [7, 11) is 1.52. The predicted molar refractivity (Wildman–Crippen MR) is 97.9 cm³/mol. The van der Waals surface area contributed by atoms with Gasteiger partial charge in [-0.1, -0.05) is 30.3 Å². The molecule has 0 spiro atoms. The number of methoxy groups -OCH3 is 1. The fraction of sp³-hybridized carbons (Fsp3) is 0.316. The number of carbonyl (C=O) groups excluding carboxylic acids is 2. The Morgan fingerprint density at radius 3 is 2.77 bits per heavy atom. The third-order valence-corrected chi connectivity index (χ3v) is 4.30. The van der Waals surface area contributed by atoms with E-state index in [2.05, 4.69) is 15.6 Å². The van der Waals surface area contributed by atoms with Crippen molar-refractivity contribution in [2.24, 2.45) is 0 Å². The summed E-state index contributed by atoms with van der Waals surface area (Å²) in [6.07, 6.45) is 3.01. The Balaban J connectivity index is 1.72. The lowest BCUT2D eigenvalue weighted by molar-refractivity contribution is -0.128. The van der Waals surface area contributed by atoms with Crippen LogP contribution in [0.5, 0.6) is 5.75 Å². The van der Waals surface area contributed by atoms with Gasteiger partial charge in [-0.05, 0) is 24.1 Å². The van der Waals surface area contributed by atoms with Gasteiger partial charge in [0.25, 0.3) is 0 Å². The number of pyridine rings is 1. The number of nitrogens with zero attached hydrogens (tertiary/aromatic N) is 2. The third-order valence-electron chi connectivity index (χ3n) is 4.30. The summed E-state index contributed by atoms with van der Waals surface area (Å²) in [5, 5.41) is 5.65. The highest BCUT2D eigenvalue weighted by molar-refractivity contribution is 5.90. The summed E-state index contributed by atoms with van der Waals surface area (Å²) in [6, 6.07) is 12.4. The van der Waals surface area contributed by atoms with Gasteiger partial charge in [0.05, 0.1) is 13.2 Å². The van der Waals surface area contributed by atoms with E-state index in [-0.39, 0.29) is 11.9 Å². The number of hydrogen-bond acceptors (Lipinski definition) is 4. The molecule has 3 rings (SSSR count). The van der Waals surface area contributed by atoms with Crippen molar-refractivity contribution in [3.8, 4) is 5.75 Å². The van der Waals surface area contributed by atoms with E-state index in [1.807, 2.05) is 30.3 Å². The number of likely N-dealkylation sites (tertiary alicyclic amines) is 1. The van der Waals surface area contributed by atoms with Crippen LogP contribution in [-0.2, 0) is 4.79 Å². The van der Waals surface area contributed by atoms with Crippen LogP contribution in [0.2, 0.25) is 0 Å². The first-order chi connectivity index (χ1) is 12.7. The van der Waals surface area contributed by atoms with Crippen LogP contribution in [0.1, 0.15) is 24.4 Å². The number of aromatic nitrogens is 1. The predicted octanol–water partition coefficient (Wildman–Crippen LogP) is 2.58. The summed E-state index contributed by atoms with van der Waals surface area (Å²) in [5.41, 5.74) is 0.940. The first-order valence-corrected chi connectivity index (χ1v) is 8.56. The first kappa shape index (κ1) is 17.7. The average Bonchev–Trinajstić information content (AvgIpc) is 3.07. The van der Waals surface area contributed by atoms with Crippen molar-refractivity contribution < 1.29 is 14.3 Å². The van der Waals surface area contributed by atoms with Crippen molar-refractivity contribution in [1.29, 1.82) is 0 Å². The average molecular weight is 354 g/mol. The summed E-state index contributed by atoms with van der Waals surface area (Å²) in [5.74, 6) is 0.949. The standard InChI is InChI=1S/C19H22N4O3/c1-26-16-9-5-11-20-18(16)22-19(25)21-15(14-7-3-2-4-8-14)13-23-12-6-10-17(23)24/h2-5,7-9,11,15H,6,10,12-13H2,1H3,(H2,20,21,22,25). The first-order valence-electron chi connectivity index (χ1n) is 8.56. The van der Waals surface area contributed by atoms with Gasteiger partial charge in [0, 0.05) is 25.7 Å². The molecule has 2 aromatic rings. The molecule has 1 fully saturated rings. The summed E-state index contributed by atoms with van der Waals surface area (Å²) in [6.45, 7) is 1.16. The van der Waals surface area contributed by atoms with Crippen molar-refractivity contribution in [2.45, 2.75) is 18.9 Å². The summed E-state index contributed by atoms with van der Waals surface area (Å²) < 4.78 is 5.20. The van der Waals surface area contributed by atoms with E-state index >= 15 is 0 Å². The molecule has 1 aromatic carbocycles. The molecule has 1 aromatic heterocycles. The highest BCUT2D eigenvalue weighted by atomic mass is 16.5. The van der Waals surface area contributed by atoms with E-state index in [1.165, 1.54) is 7.11 Å². The Kier molecular flexibility index (Phi) is 5.68. The van der Waals surface area contributed by atoms with Gasteiger partial charge in [0.1, 0.15) is 0 Å². The maximum Gasteiger partial charge on any atom is 0.321 e.